The first kappa shape index (κ1) is 15.9. The molecule has 1 N–H and O–H groups in total. The normalized spacial score (nSPS) is 25.6. The number of aliphatic hydroxyl groups excluding tert-OH is 1. The number of piperidine rings is 1. The number of rotatable bonds is 5. The average Bonchev–Trinajstić information content (AvgIpc) is 2.98. The standard InChI is InChI=1S/C15H25N3O4/c1-20-10-4-13-16-14(22-17-13)11-18-7-5-15(6-8-18)12(19)3-2-9-21-15/h12,19H,2-11H2,1H3/t12-/m0/s1. The summed E-state index contributed by atoms with van der Waals surface area (Å²) in [7, 11) is 1.66. The van der Waals surface area contributed by atoms with E-state index < -0.39 is 0 Å². The Morgan fingerprint density at radius 2 is 2.23 bits per heavy atom. The molecule has 22 heavy (non-hydrogen) atoms. The fourth-order valence-corrected chi connectivity index (χ4v) is 3.32. The summed E-state index contributed by atoms with van der Waals surface area (Å²) in [6.45, 7) is 3.79. The summed E-state index contributed by atoms with van der Waals surface area (Å²) in [5.41, 5.74) is -0.326. The van der Waals surface area contributed by atoms with Gasteiger partial charge in [-0.3, -0.25) is 4.90 Å². The van der Waals surface area contributed by atoms with Gasteiger partial charge in [-0.2, -0.15) is 4.98 Å². The Bertz CT molecular complexity index is 471. The lowest BCUT2D eigenvalue weighted by molar-refractivity contribution is -0.177. The molecule has 3 heterocycles. The van der Waals surface area contributed by atoms with Gasteiger partial charge in [0, 0.05) is 33.2 Å². The monoisotopic (exact) mass is 311 g/mol. The van der Waals surface area contributed by atoms with Crippen molar-refractivity contribution in [2.45, 2.75) is 50.4 Å². The van der Waals surface area contributed by atoms with E-state index in [2.05, 4.69) is 15.0 Å². The third-order valence-corrected chi connectivity index (χ3v) is 4.72. The maximum Gasteiger partial charge on any atom is 0.240 e. The van der Waals surface area contributed by atoms with Crippen LogP contribution in [0, 0.1) is 0 Å². The second-order valence-corrected chi connectivity index (χ2v) is 6.19. The Balaban J connectivity index is 1.50. The highest BCUT2D eigenvalue weighted by Gasteiger charge is 2.43. The Kier molecular flexibility index (Phi) is 5.07. The maximum absolute atomic E-state index is 10.2. The number of aromatic nitrogens is 2. The molecule has 7 nitrogen and oxygen atoms in total. The summed E-state index contributed by atoms with van der Waals surface area (Å²) in [4.78, 5) is 6.66. The Morgan fingerprint density at radius 3 is 2.95 bits per heavy atom. The van der Waals surface area contributed by atoms with E-state index in [0.29, 0.717) is 31.3 Å². The van der Waals surface area contributed by atoms with Gasteiger partial charge in [0.05, 0.1) is 24.9 Å². The second-order valence-electron chi connectivity index (χ2n) is 6.19. The van der Waals surface area contributed by atoms with Crippen molar-refractivity contribution < 1.29 is 19.1 Å². The van der Waals surface area contributed by atoms with Crippen LogP contribution >= 0.6 is 0 Å². The molecule has 1 aromatic rings. The van der Waals surface area contributed by atoms with Gasteiger partial charge in [0.15, 0.2) is 5.82 Å². The van der Waals surface area contributed by atoms with Crippen LogP contribution in [0.5, 0.6) is 0 Å². The molecule has 1 spiro atoms. The third-order valence-electron chi connectivity index (χ3n) is 4.72. The van der Waals surface area contributed by atoms with E-state index in [1.807, 2.05) is 0 Å². The highest BCUT2D eigenvalue weighted by Crippen LogP contribution is 2.35. The Morgan fingerprint density at radius 1 is 1.41 bits per heavy atom. The number of methoxy groups -OCH3 is 1. The number of ether oxygens (including phenoxy) is 2. The molecule has 2 fully saturated rings. The van der Waals surface area contributed by atoms with Crippen LogP contribution in [0.4, 0.5) is 0 Å². The summed E-state index contributed by atoms with van der Waals surface area (Å²) in [5, 5.41) is 14.2. The van der Waals surface area contributed by atoms with Crippen molar-refractivity contribution in [3.8, 4) is 0 Å². The van der Waals surface area contributed by atoms with Crippen molar-refractivity contribution in [3.05, 3.63) is 11.7 Å². The van der Waals surface area contributed by atoms with Gasteiger partial charge in [0.2, 0.25) is 5.89 Å². The van der Waals surface area contributed by atoms with Crippen molar-refractivity contribution in [2.24, 2.45) is 0 Å². The molecule has 124 valence electrons. The lowest BCUT2D eigenvalue weighted by Gasteiger charge is -2.46. The van der Waals surface area contributed by atoms with E-state index in [0.717, 1.165) is 45.4 Å². The van der Waals surface area contributed by atoms with E-state index in [-0.39, 0.29) is 11.7 Å². The number of nitrogens with zero attached hydrogens (tertiary/aromatic N) is 3. The van der Waals surface area contributed by atoms with E-state index in [4.69, 9.17) is 14.0 Å². The van der Waals surface area contributed by atoms with Crippen molar-refractivity contribution in [1.29, 1.82) is 0 Å². The smallest absolute Gasteiger partial charge is 0.240 e. The number of hydrogen-bond acceptors (Lipinski definition) is 7. The predicted octanol–water partition coefficient (Wildman–Crippen LogP) is 0.764. The lowest BCUT2D eigenvalue weighted by Crippen LogP contribution is -2.55. The molecule has 0 unspecified atom stereocenters. The van der Waals surface area contributed by atoms with Crippen LogP contribution in [-0.4, -0.2) is 65.3 Å². The van der Waals surface area contributed by atoms with Crippen molar-refractivity contribution in [1.82, 2.24) is 15.0 Å². The Hall–Kier alpha value is -1.02. The molecule has 0 bridgehead atoms. The van der Waals surface area contributed by atoms with Gasteiger partial charge in [-0.05, 0) is 25.7 Å². The fourth-order valence-electron chi connectivity index (χ4n) is 3.32. The highest BCUT2D eigenvalue weighted by atomic mass is 16.5. The summed E-state index contributed by atoms with van der Waals surface area (Å²) in [5.74, 6) is 1.34. The summed E-state index contributed by atoms with van der Waals surface area (Å²) in [6, 6.07) is 0. The van der Waals surface area contributed by atoms with Crippen LogP contribution in [0.15, 0.2) is 4.52 Å². The quantitative estimate of drug-likeness (QED) is 0.860. The molecule has 2 aliphatic rings. The molecule has 3 rings (SSSR count). The molecule has 0 amide bonds. The second kappa shape index (κ2) is 7.04. The van der Waals surface area contributed by atoms with Gasteiger partial charge in [0.25, 0.3) is 0 Å². The average molecular weight is 311 g/mol. The summed E-state index contributed by atoms with van der Waals surface area (Å²) < 4.78 is 16.2. The third kappa shape index (κ3) is 3.48. The number of aliphatic hydroxyl groups is 1. The topological polar surface area (TPSA) is 80.9 Å². The van der Waals surface area contributed by atoms with Gasteiger partial charge < -0.3 is 19.1 Å². The fraction of sp³-hybridized carbons (Fsp3) is 0.867. The summed E-state index contributed by atoms with van der Waals surface area (Å²) >= 11 is 0. The molecule has 1 aromatic heterocycles. The van der Waals surface area contributed by atoms with Crippen LogP contribution in [-0.2, 0) is 22.4 Å². The molecule has 0 aromatic carbocycles. The van der Waals surface area contributed by atoms with Crippen LogP contribution < -0.4 is 0 Å². The molecule has 2 saturated heterocycles. The minimum Gasteiger partial charge on any atom is -0.390 e. The number of hydrogen-bond donors (Lipinski definition) is 1. The van der Waals surface area contributed by atoms with Crippen LogP contribution in [0.1, 0.15) is 37.4 Å². The molecular formula is C15H25N3O4. The largest absolute Gasteiger partial charge is 0.390 e. The Labute approximate surface area is 130 Å². The molecule has 7 heteroatoms. The van der Waals surface area contributed by atoms with E-state index in [1.54, 1.807) is 7.11 Å². The van der Waals surface area contributed by atoms with Crippen LogP contribution in [0.3, 0.4) is 0 Å². The molecule has 2 aliphatic heterocycles. The van der Waals surface area contributed by atoms with E-state index >= 15 is 0 Å². The zero-order valence-electron chi connectivity index (χ0n) is 13.2. The molecule has 1 atom stereocenters. The zero-order chi connectivity index (χ0) is 15.4. The first-order valence-electron chi connectivity index (χ1n) is 8.07. The van der Waals surface area contributed by atoms with Crippen LogP contribution in [0.25, 0.3) is 0 Å². The van der Waals surface area contributed by atoms with Crippen molar-refractivity contribution >= 4 is 0 Å². The van der Waals surface area contributed by atoms with Gasteiger partial charge in [0.1, 0.15) is 0 Å². The predicted molar refractivity (Wildman–Crippen MR) is 78.3 cm³/mol. The lowest BCUT2D eigenvalue weighted by atomic mass is 9.82. The molecule has 0 aliphatic carbocycles. The highest BCUT2D eigenvalue weighted by molar-refractivity contribution is 4.96. The van der Waals surface area contributed by atoms with Crippen molar-refractivity contribution in [3.63, 3.8) is 0 Å². The van der Waals surface area contributed by atoms with Gasteiger partial charge in [-0.15, -0.1) is 0 Å². The first-order chi connectivity index (χ1) is 10.7. The van der Waals surface area contributed by atoms with Gasteiger partial charge in [-0.1, -0.05) is 5.16 Å². The zero-order valence-corrected chi connectivity index (χ0v) is 13.2. The molecule has 0 saturated carbocycles. The van der Waals surface area contributed by atoms with Crippen LogP contribution in [0.2, 0.25) is 0 Å². The maximum atomic E-state index is 10.2. The minimum atomic E-state index is -0.326. The minimum absolute atomic E-state index is 0.326. The van der Waals surface area contributed by atoms with Crippen molar-refractivity contribution in [2.75, 3.05) is 33.4 Å². The van der Waals surface area contributed by atoms with Gasteiger partial charge in [-0.25, -0.2) is 0 Å². The number of likely N-dealkylation sites (tertiary alicyclic amines) is 1. The first-order valence-corrected chi connectivity index (χ1v) is 8.07. The molecular weight excluding hydrogens is 286 g/mol. The van der Waals surface area contributed by atoms with E-state index in [1.165, 1.54) is 0 Å². The SMILES string of the molecule is COCCc1noc(CN2CCC3(CC2)OCCC[C@@H]3O)n1. The van der Waals surface area contributed by atoms with E-state index in [9.17, 15) is 5.11 Å². The molecule has 0 radical (unpaired) electrons. The summed E-state index contributed by atoms with van der Waals surface area (Å²) in [6.07, 6.45) is 3.87. The van der Waals surface area contributed by atoms with Gasteiger partial charge >= 0.3 is 0 Å².